The van der Waals surface area contributed by atoms with Crippen LogP contribution >= 0.6 is 22.9 Å². The van der Waals surface area contributed by atoms with Crippen LogP contribution in [0.25, 0.3) is 11.3 Å². The van der Waals surface area contributed by atoms with Crippen LogP contribution in [0.1, 0.15) is 5.56 Å². The Balaban J connectivity index is 1.30. The van der Waals surface area contributed by atoms with E-state index in [1.807, 2.05) is 84.2 Å². The number of nitrogens with zero attached hydrogens (tertiary/aromatic N) is 1. The Morgan fingerprint density at radius 1 is 0.968 bits per heavy atom. The number of thiazole rings is 1. The largest absolute Gasteiger partial charge is 0.367 e. The molecule has 0 aliphatic rings. The summed E-state index contributed by atoms with van der Waals surface area (Å²) in [6, 6.07) is 24.8. The molecule has 4 aromatic rings. The number of amides is 1. The van der Waals surface area contributed by atoms with E-state index in [0.717, 1.165) is 27.6 Å². The second-order valence-electron chi connectivity index (χ2n) is 6.78. The molecule has 0 aliphatic carbocycles. The Labute approximate surface area is 189 Å². The topological polar surface area (TPSA) is 63.2 Å². The molecule has 5 nitrogen and oxygen atoms in total. The van der Waals surface area contributed by atoms with Gasteiger partial charge in [0.1, 0.15) is 6.61 Å². The monoisotopic (exact) mass is 449 g/mol. The SMILES string of the molecule is O=C(COCc1ccccc1)Nc1ccc(-c2csc(Nc3cccc(Cl)c3)n2)cc1. The molecule has 4 rings (SSSR count). The molecule has 0 atom stereocenters. The number of carbonyl (C=O) groups is 1. The molecule has 0 saturated carbocycles. The highest BCUT2D eigenvalue weighted by atomic mass is 35.5. The lowest BCUT2D eigenvalue weighted by molar-refractivity contribution is -0.121. The molecule has 0 fully saturated rings. The van der Waals surface area contributed by atoms with Gasteiger partial charge in [0.15, 0.2) is 5.13 Å². The minimum absolute atomic E-state index is 0.00125. The Kier molecular flexibility index (Phi) is 6.94. The smallest absolute Gasteiger partial charge is 0.250 e. The average molecular weight is 450 g/mol. The van der Waals surface area contributed by atoms with Gasteiger partial charge in [-0.1, -0.05) is 60.1 Å². The number of ether oxygens (including phenoxy) is 1. The Hall–Kier alpha value is -3.19. The van der Waals surface area contributed by atoms with E-state index in [1.54, 1.807) is 0 Å². The molecule has 0 bridgehead atoms. The third-order valence-corrected chi connectivity index (χ3v) is 5.38. The van der Waals surface area contributed by atoms with E-state index in [9.17, 15) is 4.79 Å². The molecular weight excluding hydrogens is 430 g/mol. The molecule has 1 amide bonds. The van der Waals surface area contributed by atoms with E-state index in [4.69, 9.17) is 16.3 Å². The molecule has 7 heteroatoms. The van der Waals surface area contributed by atoms with E-state index < -0.39 is 0 Å². The summed E-state index contributed by atoms with van der Waals surface area (Å²) in [5, 5.41) is 9.54. The van der Waals surface area contributed by atoms with Crippen LogP contribution in [0.4, 0.5) is 16.5 Å². The molecule has 2 N–H and O–H groups in total. The van der Waals surface area contributed by atoms with Crippen molar-refractivity contribution in [3.05, 3.63) is 94.8 Å². The first-order valence-corrected chi connectivity index (χ1v) is 10.9. The van der Waals surface area contributed by atoms with Crippen LogP contribution in [0.2, 0.25) is 5.02 Å². The van der Waals surface area contributed by atoms with E-state index in [0.29, 0.717) is 17.3 Å². The average Bonchev–Trinajstić information content (AvgIpc) is 3.23. The molecule has 0 aliphatic heterocycles. The number of anilines is 3. The second-order valence-corrected chi connectivity index (χ2v) is 8.07. The van der Waals surface area contributed by atoms with Crippen molar-refractivity contribution in [1.29, 1.82) is 0 Å². The highest BCUT2D eigenvalue weighted by Crippen LogP contribution is 2.28. The highest BCUT2D eigenvalue weighted by molar-refractivity contribution is 7.14. The third kappa shape index (κ3) is 6.15. The summed E-state index contributed by atoms with van der Waals surface area (Å²) >= 11 is 7.54. The van der Waals surface area contributed by atoms with Gasteiger partial charge in [-0.3, -0.25) is 4.79 Å². The maximum atomic E-state index is 12.1. The molecule has 0 saturated heterocycles. The summed E-state index contributed by atoms with van der Waals surface area (Å²) in [6.07, 6.45) is 0. The van der Waals surface area contributed by atoms with E-state index >= 15 is 0 Å². The van der Waals surface area contributed by atoms with Crippen LogP contribution in [-0.2, 0) is 16.1 Å². The third-order valence-electron chi connectivity index (χ3n) is 4.39. The molecule has 0 unspecified atom stereocenters. The number of benzene rings is 3. The van der Waals surface area contributed by atoms with Gasteiger partial charge in [-0.2, -0.15) is 0 Å². The van der Waals surface area contributed by atoms with Gasteiger partial charge in [-0.15, -0.1) is 11.3 Å². The molecule has 1 aromatic heterocycles. The van der Waals surface area contributed by atoms with E-state index in [2.05, 4.69) is 15.6 Å². The minimum Gasteiger partial charge on any atom is -0.367 e. The van der Waals surface area contributed by atoms with Crippen LogP contribution in [0.15, 0.2) is 84.2 Å². The number of hydrogen-bond donors (Lipinski definition) is 2. The van der Waals surface area contributed by atoms with Gasteiger partial charge < -0.3 is 15.4 Å². The zero-order chi connectivity index (χ0) is 21.5. The lowest BCUT2D eigenvalue weighted by Crippen LogP contribution is -2.18. The molecule has 3 aromatic carbocycles. The van der Waals surface area contributed by atoms with Gasteiger partial charge >= 0.3 is 0 Å². The maximum Gasteiger partial charge on any atom is 0.250 e. The predicted molar refractivity (Wildman–Crippen MR) is 127 cm³/mol. The van der Waals surface area contributed by atoms with Gasteiger partial charge in [0.25, 0.3) is 0 Å². The fourth-order valence-electron chi connectivity index (χ4n) is 2.91. The van der Waals surface area contributed by atoms with Crippen molar-refractivity contribution < 1.29 is 9.53 Å². The molecule has 0 spiro atoms. The van der Waals surface area contributed by atoms with Crippen molar-refractivity contribution in [2.45, 2.75) is 6.61 Å². The highest BCUT2D eigenvalue weighted by Gasteiger charge is 2.07. The zero-order valence-corrected chi connectivity index (χ0v) is 18.1. The fraction of sp³-hybridized carbons (Fsp3) is 0.0833. The van der Waals surface area contributed by atoms with E-state index in [1.165, 1.54) is 11.3 Å². The Morgan fingerprint density at radius 3 is 2.55 bits per heavy atom. The second kappa shape index (κ2) is 10.2. The Bertz CT molecular complexity index is 1150. The van der Waals surface area contributed by atoms with Crippen molar-refractivity contribution in [3.8, 4) is 11.3 Å². The van der Waals surface area contributed by atoms with Crippen molar-refractivity contribution in [2.75, 3.05) is 17.2 Å². The first kappa shape index (κ1) is 21.1. The zero-order valence-electron chi connectivity index (χ0n) is 16.5. The summed E-state index contributed by atoms with van der Waals surface area (Å²) in [5.74, 6) is -0.189. The normalized spacial score (nSPS) is 10.6. The summed E-state index contributed by atoms with van der Waals surface area (Å²) in [6.45, 7) is 0.407. The number of aromatic nitrogens is 1. The molecule has 156 valence electrons. The summed E-state index contributed by atoms with van der Waals surface area (Å²) in [5.41, 5.74) is 4.46. The van der Waals surface area contributed by atoms with Crippen LogP contribution in [0.5, 0.6) is 0 Å². The van der Waals surface area contributed by atoms with Gasteiger partial charge in [0.05, 0.1) is 12.3 Å². The maximum absolute atomic E-state index is 12.1. The molecular formula is C24H20ClN3O2S. The predicted octanol–water partition coefficient (Wildman–Crippen LogP) is 6.36. The molecule has 0 radical (unpaired) electrons. The summed E-state index contributed by atoms with van der Waals surface area (Å²) in [4.78, 5) is 16.7. The van der Waals surface area contributed by atoms with Crippen molar-refractivity contribution in [3.63, 3.8) is 0 Å². The van der Waals surface area contributed by atoms with Crippen LogP contribution in [0.3, 0.4) is 0 Å². The standard InChI is InChI=1S/C24H20ClN3O2S/c25-19-7-4-8-21(13-19)27-24-28-22(16-31-24)18-9-11-20(12-10-18)26-23(29)15-30-14-17-5-2-1-3-6-17/h1-13,16H,14-15H2,(H,26,29)(H,27,28). The number of nitrogens with one attached hydrogen (secondary N) is 2. The van der Waals surface area contributed by atoms with Gasteiger partial charge in [0, 0.05) is 27.3 Å². The van der Waals surface area contributed by atoms with Gasteiger partial charge in [-0.25, -0.2) is 4.98 Å². The lowest BCUT2D eigenvalue weighted by atomic mass is 10.1. The summed E-state index contributed by atoms with van der Waals surface area (Å²) < 4.78 is 5.47. The number of carbonyl (C=O) groups excluding carboxylic acids is 1. The fourth-order valence-corrected chi connectivity index (χ4v) is 3.84. The van der Waals surface area contributed by atoms with Crippen LogP contribution in [-0.4, -0.2) is 17.5 Å². The van der Waals surface area contributed by atoms with E-state index in [-0.39, 0.29) is 12.5 Å². The van der Waals surface area contributed by atoms with Crippen LogP contribution in [0, 0.1) is 0 Å². The van der Waals surface area contributed by atoms with Crippen molar-refractivity contribution in [1.82, 2.24) is 4.98 Å². The first-order valence-electron chi connectivity index (χ1n) is 9.66. The summed E-state index contributed by atoms with van der Waals surface area (Å²) in [7, 11) is 0. The molecule has 31 heavy (non-hydrogen) atoms. The number of halogens is 1. The molecule has 1 heterocycles. The number of rotatable bonds is 8. The first-order chi connectivity index (χ1) is 15.2. The van der Waals surface area contributed by atoms with Crippen LogP contribution < -0.4 is 10.6 Å². The number of hydrogen-bond acceptors (Lipinski definition) is 5. The lowest BCUT2D eigenvalue weighted by Gasteiger charge is -2.07. The van der Waals surface area contributed by atoms with Crippen molar-refractivity contribution in [2.24, 2.45) is 0 Å². The van der Waals surface area contributed by atoms with Crippen molar-refractivity contribution >= 4 is 45.4 Å². The van der Waals surface area contributed by atoms with Gasteiger partial charge in [-0.05, 0) is 35.9 Å². The minimum atomic E-state index is -0.189. The quantitative estimate of drug-likeness (QED) is 0.328. The Morgan fingerprint density at radius 2 is 1.77 bits per heavy atom. The van der Waals surface area contributed by atoms with Gasteiger partial charge in [0.2, 0.25) is 5.91 Å².